The molecule has 2 aliphatic rings. The summed E-state index contributed by atoms with van der Waals surface area (Å²) in [6.07, 6.45) is 6.65. The van der Waals surface area contributed by atoms with Gasteiger partial charge in [0.15, 0.2) is 0 Å². The summed E-state index contributed by atoms with van der Waals surface area (Å²) in [7, 11) is -4.01. The van der Waals surface area contributed by atoms with Gasteiger partial charge < -0.3 is 10.4 Å². The number of aromatic carboxylic acids is 1. The Morgan fingerprint density at radius 3 is 2.55 bits per heavy atom. The van der Waals surface area contributed by atoms with E-state index >= 15 is 0 Å². The summed E-state index contributed by atoms with van der Waals surface area (Å²) in [4.78, 5) is 12.5. The molecule has 1 unspecified atom stereocenters. The highest BCUT2D eigenvalue weighted by molar-refractivity contribution is 7.92. The maximum Gasteiger partial charge on any atom is 0.335 e. The minimum atomic E-state index is -4.01. The average molecular weight is 484 g/mol. The molecule has 1 saturated heterocycles. The van der Waals surface area contributed by atoms with Crippen LogP contribution in [0.2, 0.25) is 0 Å². The topological polar surface area (TPSA) is 108 Å². The van der Waals surface area contributed by atoms with E-state index in [2.05, 4.69) is 14.4 Å². The molecule has 1 aliphatic carbocycles. The molecule has 5 rings (SSSR count). The number of aromatic nitrogens is 1. The molecule has 2 heterocycles. The highest BCUT2D eigenvalue weighted by Crippen LogP contribution is 2.44. The van der Waals surface area contributed by atoms with Crippen molar-refractivity contribution in [1.29, 1.82) is 0 Å². The molecule has 1 aliphatic heterocycles. The van der Waals surface area contributed by atoms with Crippen LogP contribution in [-0.4, -0.2) is 30.4 Å². The fourth-order valence-corrected chi connectivity index (χ4v) is 6.41. The second kappa shape index (κ2) is 8.89. The van der Waals surface area contributed by atoms with Crippen LogP contribution < -0.4 is 10.0 Å². The quantitative estimate of drug-likeness (QED) is 0.436. The molecule has 0 radical (unpaired) electrons. The largest absolute Gasteiger partial charge is 0.478 e. The van der Waals surface area contributed by atoms with E-state index in [0.717, 1.165) is 54.7 Å². The van der Waals surface area contributed by atoms with E-state index in [9.17, 15) is 18.3 Å². The standard InChI is InChI=1S/C24H25N3O4S2/c28-24(29)17-7-8-18(15-4-5-15)23(14-17)33(30,31)27-21-13-16(22-10-12-26-32-22)6-9-19(21)20-3-1-2-11-25-20/h6-10,12-15,20,25,27H,1-5,11H2,(H,28,29). The Bertz CT molecular complexity index is 1280. The molecule has 9 heteroatoms. The molecule has 3 N–H and O–H groups in total. The number of carbonyl (C=O) groups is 1. The third-order valence-corrected chi connectivity index (χ3v) is 8.49. The van der Waals surface area contributed by atoms with Crippen LogP contribution in [0.4, 0.5) is 5.69 Å². The highest BCUT2D eigenvalue weighted by Gasteiger charge is 2.32. The first-order valence-corrected chi connectivity index (χ1v) is 13.4. The number of nitrogens with one attached hydrogen (secondary N) is 2. The van der Waals surface area contributed by atoms with Gasteiger partial charge in [0.05, 0.1) is 21.0 Å². The summed E-state index contributed by atoms with van der Waals surface area (Å²) in [5.41, 5.74) is 2.95. The van der Waals surface area contributed by atoms with Crippen LogP contribution in [0.15, 0.2) is 53.6 Å². The van der Waals surface area contributed by atoms with Crippen molar-refractivity contribution in [1.82, 2.24) is 9.69 Å². The number of nitrogens with zero attached hydrogens (tertiary/aromatic N) is 1. The summed E-state index contributed by atoms with van der Waals surface area (Å²) < 4.78 is 34.2. The van der Waals surface area contributed by atoms with E-state index in [0.29, 0.717) is 11.3 Å². The molecular formula is C24H25N3O4S2. The second-order valence-electron chi connectivity index (χ2n) is 8.62. The van der Waals surface area contributed by atoms with Crippen LogP contribution in [-0.2, 0) is 10.0 Å². The zero-order valence-corrected chi connectivity index (χ0v) is 19.6. The van der Waals surface area contributed by atoms with Gasteiger partial charge in [-0.05, 0) is 90.6 Å². The molecule has 2 fully saturated rings. The average Bonchev–Trinajstić information content (AvgIpc) is 3.52. The number of carboxylic acid groups (broad SMARTS) is 1. The van der Waals surface area contributed by atoms with Crippen molar-refractivity contribution in [3.05, 3.63) is 65.4 Å². The van der Waals surface area contributed by atoms with Gasteiger partial charge in [0, 0.05) is 12.2 Å². The van der Waals surface area contributed by atoms with Gasteiger partial charge in [-0.3, -0.25) is 4.72 Å². The molecule has 0 spiro atoms. The zero-order chi connectivity index (χ0) is 23.0. The van der Waals surface area contributed by atoms with Crippen molar-refractivity contribution >= 4 is 33.2 Å². The van der Waals surface area contributed by atoms with Gasteiger partial charge in [-0.2, -0.15) is 0 Å². The summed E-state index contributed by atoms with van der Waals surface area (Å²) in [5.74, 6) is -0.990. The number of sulfonamides is 1. The molecule has 33 heavy (non-hydrogen) atoms. The van der Waals surface area contributed by atoms with Crippen molar-refractivity contribution in [2.45, 2.75) is 49.0 Å². The Morgan fingerprint density at radius 1 is 1.06 bits per heavy atom. The Kier molecular flexibility index (Phi) is 5.94. The maximum atomic E-state index is 13.6. The lowest BCUT2D eigenvalue weighted by molar-refractivity contribution is 0.0696. The SMILES string of the molecule is O=C(O)c1ccc(C2CC2)c(S(=O)(=O)Nc2cc(-c3ccns3)ccc2C2CCCCN2)c1. The van der Waals surface area contributed by atoms with E-state index in [4.69, 9.17) is 0 Å². The minimum Gasteiger partial charge on any atom is -0.478 e. The number of piperidine rings is 1. The predicted molar refractivity (Wildman–Crippen MR) is 128 cm³/mol. The van der Waals surface area contributed by atoms with Gasteiger partial charge in [0.25, 0.3) is 10.0 Å². The first kappa shape index (κ1) is 22.1. The summed E-state index contributed by atoms with van der Waals surface area (Å²) >= 11 is 1.35. The number of hydrogen-bond acceptors (Lipinski definition) is 6. The number of benzene rings is 2. The Balaban J connectivity index is 1.58. The van der Waals surface area contributed by atoms with Crippen LogP contribution >= 0.6 is 11.5 Å². The van der Waals surface area contributed by atoms with Crippen molar-refractivity contribution in [3.8, 4) is 10.4 Å². The molecule has 7 nitrogen and oxygen atoms in total. The highest BCUT2D eigenvalue weighted by atomic mass is 32.2. The third-order valence-electron chi connectivity index (χ3n) is 6.27. The molecule has 2 aromatic carbocycles. The van der Waals surface area contributed by atoms with Crippen LogP contribution in [0.1, 0.15) is 65.5 Å². The second-order valence-corrected chi connectivity index (χ2v) is 11.1. The van der Waals surface area contributed by atoms with Gasteiger partial charge >= 0.3 is 5.97 Å². The van der Waals surface area contributed by atoms with Gasteiger partial charge in [-0.15, -0.1) is 0 Å². The van der Waals surface area contributed by atoms with Gasteiger partial charge in [0.2, 0.25) is 0 Å². The zero-order valence-electron chi connectivity index (χ0n) is 18.0. The van der Waals surface area contributed by atoms with Crippen molar-refractivity contribution in [2.75, 3.05) is 11.3 Å². The fraction of sp³-hybridized carbons (Fsp3) is 0.333. The monoisotopic (exact) mass is 483 g/mol. The van der Waals surface area contributed by atoms with E-state index in [-0.39, 0.29) is 22.4 Å². The molecule has 1 saturated carbocycles. The summed E-state index contributed by atoms with van der Waals surface area (Å²) in [5, 5.41) is 12.9. The predicted octanol–water partition coefficient (Wildman–Crippen LogP) is 5.00. The molecule has 1 aromatic heterocycles. The summed E-state index contributed by atoms with van der Waals surface area (Å²) in [6.45, 7) is 0.889. The maximum absolute atomic E-state index is 13.6. The molecule has 172 valence electrons. The molecule has 0 amide bonds. The van der Waals surface area contributed by atoms with Gasteiger partial charge in [-0.1, -0.05) is 24.6 Å². The number of anilines is 1. The van der Waals surface area contributed by atoms with Crippen LogP contribution in [0.25, 0.3) is 10.4 Å². The Morgan fingerprint density at radius 2 is 1.88 bits per heavy atom. The number of carboxylic acids is 1. The van der Waals surface area contributed by atoms with E-state index < -0.39 is 16.0 Å². The molecule has 3 aromatic rings. The van der Waals surface area contributed by atoms with Crippen LogP contribution in [0.3, 0.4) is 0 Å². The normalized spacial score (nSPS) is 18.7. The van der Waals surface area contributed by atoms with Crippen molar-refractivity contribution in [3.63, 3.8) is 0 Å². The molecule has 0 bridgehead atoms. The van der Waals surface area contributed by atoms with Crippen LogP contribution in [0.5, 0.6) is 0 Å². The van der Waals surface area contributed by atoms with Crippen LogP contribution in [0, 0.1) is 0 Å². The fourth-order valence-electron chi connectivity index (χ4n) is 4.42. The third kappa shape index (κ3) is 4.66. The first-order valence-electron chi connectivity index (χ1n) is 11.1. The Labute approximate surface area is 197 Å². The van der Waals surface area contributed by atoms with Gasteiger partial charge in [0.1, 0.15) is 0 Å². The lowest BCUT2D eigenvalue weighted by Crippen LogP contribution is -2.28. The molecule has 1 atom stereocenters. The van der Waals surface area contributed by atoms with E-state index in [1.54, 1.807) is 12.3 Å². The van der Waals surface area contributed by atoms with E-state index in [1.807, 2.05) is 24.3 Å². The lowest BCUT2D eigenvalue weighted by atomic mass is 9.95. The summed E-state index contributed by atoms with van der Waals surface area (Å²) in [6, 6.07) is 12.2. The van der Waals surface area contributed by atoms with E-state index in [1.165, 1.54) is 23.7 Å². The number of rotatable bonds is 7. The Hall–Kier alpha value is -2.75. The lowest BCUT2D eigenvalue weighted by Gasteiger charge is -2.26. The van der Waals surface area contributed by atoms with Crippen molar-refractivity contribution in [2.24, 2.45) is 0 Å². The first-order chi connectivity index (χ1) is 15.9. The smallest absolute Gasteiger partial charge is 0.335 e. The minimum absolute atomic E-state index is 0.0349. The number of hydrogen-bond donors (Lipinski definition) is 3. The van der Waals surface area contributed by atoms with Gasteiger partial charge in [-0.25, -0.2) is 17.6 Å². The van der Waals surface area contributed by atoms with Crippen molar-refractivity contribution < 1.29 is 18.3 Å². The molecular weight excluding hydrogens is 458 g/mol.